The number of pyridine rings is 1. The van der Waals surface area contributed by atoms with Crippen LogP contribution >= 0.6 is 0 Å². The van der Waals surface area contributed by atoms with Crippen molar-refractivity contribution < 1.29 is 4.74 Å². The van der Waals surface area contributed by atoms with Gasteiger partial charge in [0.2, 0.25) is 0 Å². The lowest BCUT2D eigenvalue weighted by Crippen LogP contribution is -2.34. The van der Waals surface area contributed by atoms with E-state index >= 15 is 0 Å². The molecule has 6 rings (SSSR count). The van der Waals surface area contributed by atoms with Crippen LogP contribution in [0.1, 0.15) is 61.4 Å². The van der Waals surface area contributed by atoms with Gasteiger partial charge in [0.1, 0.15) is 5.69 Å². The number of rotatable bonds is 5. The Hall–Kier alpha value is -3.10. The Bertz CT molecular complexity index is 1340. The number of fused-ring (bicyclic) bond motifs is 1. The van der Waals surface area contributed by atoms with E-state index in [1.165, 1.54) is 11.1 Å². The standard InChI is InChI=1S/C28H35N7O/c1-4-34-9-5-22(6-10-34)35-17-21(15-30-35)24-16-29-28-23(24)14-26(32-33-28)25-13-18(2)27(19(3)31-25)20-7-11-36-12-8-20/h13-17,20,22H,4-12H2,1-3H3,(H,29,33). The molecule has 0 aliphatic carbocycles. The van der Waals surface area contributed by atoms with E-state index in [-0.39, 0.29) is 0 Å². The minimum atomic E-state index is 0.464. The minimum Gasteiger partial charge on any atom is -0.381 e. The van der Waals surface area contributed by atoms with Crippen LogP contribution in [-0.2, 0) is 4.74 Å². The Labute approximate surface area is 212 Å². The third-order valence-corrected chi connectivity index (χ3v) is 8.08. The van der Waals surface area contributed by atoms with E-state index in [9.17, 15) is 0 Å². The van der Waals surface area contributed by atoms with E-state index in [1.54, 1.807) is 0 Å². The van der Waals surface area contributed by atoms with Crippen LogP contribution in [0.5, 0.6) is 0 Å². The van der Waals surface area contributed by atoms with Crippen molar-refractivity contribution in [1.82, 2.24) is 34.8 Å². The maximum atomic E-state index is 5.57. The van der Waals surface area contributed by atoms with Gasteiger partial charge in [0, 0.05) is 60.9 Å². The van der Waals surface area contributed by atoms with E-state index in [4.69, 9.17) is 14.8 Å². The van der Waals surface area contributed by atoms with Gasteiger partial charge < -0.3 is 14.6 Å². The molecule has 0 amide bonds. The first-order valence-corrected chi connectivity index (χ1v) is 13.3. The predicted molar refractivity (Wildman–Crippen MR) is 141 cm³/mol. The number of hydrogen-bond acceptors (Lipinski definition) is 6. The average molecular weight is 486 g/mol. The molecule has 188 valence electrons. The molecule has 0 spiro atoms. The van der Waals surface area contributed by atoms with E-state index in [0.717, 1.165) is 97.8 Å². The molecule has 2 fully saturated rings. The van der Waals surface area contributed by atoms with Gasteiger partial charge in [-0.3, -0.25) is 9.67 Å². The number of nitrogens with one attached hydrogen (secondary N) is 1. The molecule has 2 saturated heterocycles. The SMILES string of the molecule is CCN1CCC(n2cc(-c3c[nH]c4nnc(-c5cc(C)c(C6CCOCC6)c(C)n5)cc34)cn2)CC1. The molecule has 36 heavy (non-hydrogen) atoms. The summed E-state index contributed by atoms with van der Waals surface area (Å²) in [5, 5.41) is 14.8. The van der Waals surface area contributed by atoms with Gasteiger partial charge in [0.05, 0.1) is 17.9 Å². The zero-order valence-electron chi connectivity index (χ0n) is 21.5. The van der Waals surface area contributed by atoms with E-state index in [2.05, 4.69) is 63.9 Å². The van der Waals surface area contributed by atoms with Gasteiger partial charge >= 0.3 is 0 Å². The van der Waals surface area contributed by atoms with Crippen molar-refractivity contribution in [1.29, 1.82) is 0 Å². The fourth-order valence-corrected chi connectivity index (χ4v) is 6.04. The number of aryl methyl sites for hydroxylation is 2. The van der Waals surface area contributed by atoms with Gasteiger partial charge in [0.15, 0.2) is 5.65 Å². The summed E-state index contributed by atoms with van der Waals surface area (Å²) in [6.45, 7) is 11.6. The Morgan fingerprint density at radius 3 is 2.58 bits per heavy atom. The second-order valence-electron chi connectivity index (χ2n) is 10.3. The van der Waals surface area contributed by atoms with Gasteiger partial charge in [-0.2, -0.15) is 5.10 Å². The van der Waals surface area contributed by atoms with Gasteiger partial charge in [-0.25, -0.2) is 0 Å². The molecule has 0 bridgehead atoms. The molecule has 0 aromatic carbocycles. The molecule has 0 atom stereocenters. The van der Waals surface area contributed by atoms with Gasteiger partial charge in [-0.1, -0.05) is 6.92 Å². The topological polar surface area (TPSA) is 84.8 Å². The molecule has 2 aliphatic heterocycles. The van der Waals surface area contributed by atoms with E-state index in [1.807, 2.05) is 12.4 Å². The molecule has 0 saturated carbocycles. The van der Waals surface area contributed by atoms with Crippen LogP contribution in [-0.4, -0.2) is 67.7 Å². The lowest BCUT2D eigenvalue weighted by Gasteiger charge is -2.31. The Morgan fingerprint density at radius 1 is 1.03 bits per heavy atom. The number of hydrogen-bond donors (Lipinski definition) is 1. The normalized spacial score (nSPS) is 18.3. The highest BCUT2D eigenvalue weighted by Crippen LogP contribution is 2.34. The molecule has 4 aromatic heterocycles. The van der Waals surface area contributed by atoms with Gasteiger partial charge in [-0.05, 0) is 75.3 Å². The molecular weight excluding hydrogens is 450 g/mol. The predicted octanol–water partition coefficient (Wildman–Crippen LogP) is 5.05. The fraction of sp³-hybridized carbons (Fsp3) is 0.500. The molecule has 6 heterocycles. The summed E-state index contributed by atoms with van der Waals surface area (Å²) in [7, 11) is 0. The number of aromatic amines is 1. The highest BCUT2D eigenvalue weighted by Gasteiger charge is 2.23. The largest absolute Gasteiger partial charge is 0.381 e. The number of likely N-dealkylation sites (tertiary alicyclic amines) is 1. The second kappa shape index (κ2) is 9.75. The summed E-state index contributed by atoms with van der Waals surface area (Å²) in [4.78, 5) is 10.8. The van der Waals surface area contributed by atoms with Crippen molar-refractivity contribution in [3.63, 3.8) is 0 Å². The first-order valence-electron chi connectivity index (χ1n) is 13.3. The van der Waals surface area contributed by atoms with Crippen LogP contribution in [0.25, 0.3) is 33.5 Å². The molecule has 0 unspecified atom stereocenters. The molecule has 1 N–H and O–H groups in total. The first-order chi connectivity index (χ1) is 17.6. The smallest absolute Gasteiger partial charge is 0.160 e. The lowest BCUT2D eigenvalue weighted by atomic mass is 9.87. The summed E-state index contributed by atoms with van der Waals surface area (Å²) in [6.07, 6.45) is 10.6. The average Bonchev–Trinajstić information content (AvgIpc) is 3.56. The summed E-state index contributed by atoms with van der Waals surface area (Å²) in [5.74, 6) is 0.524. The minimum absolute atomic E-state index is 0.464. The third kappa shape index (κ3) is 4.33. The van der Waals surface area contributed by atoms with Crippen LogP contribution in [0.4, 0.5) is 0 Å². The van der Waals surface area contributed by atoms with Crippen LogP contribution in [0.2, 0.25) is 0 Å². The second-order valence-corrected chi connectivity index (χ2v) is 10.3. The monoisotopic (exact) mass is 485 g/mol. The van der Waals surface area contributed by atoms with Crippen molar-refractivity contribution in [2.75, 3.05) is 32.8 Å². The Kier molecular flexibility index (Phi) is 6.31. The molecule has 2 aliphatic rings. The highest BCUT2D eigenvalue weighted by molar-refractivity contribution is 5.94. The maximum absolute atomic E-state index is 5.57. The zero-order chi connectivity index (χ0) is 24.6. The molecule has 8 nitrogen and oxygen atoms in total. The first kappa shape index (κ1) is 23.3. The van der Waals surface area contributed by atoms with Gasteiger partial charge in [-0.15, -0.1) is 10.2 Å². The van der Waals surface area contributed by atoms with Crippen molar-refractivity contribution in [2.24, 2.45) is 0 Å². The number of piperidine rings is 1. The third-order valence-electron chi connectivity index (χ3n) is 8.08. The molecule has 8 heteroatoms. The number of nitrogens with zero attached hydrogens (tertiary/aromatic N) is 6. The number of H-pyrrole nitrogens is 1. The fourth-order valence-electron chi connectivity index (χ4n) is 6.04. The van der Waals surface area contributed by atoms with Crippen LogP contribution in [0, 0.1) is 13.8 Å². The van der Waals surface area contributed by atoms with Gasteiger partial charge in [0.25, 0.3) is 0 Å². The Balaban J connectivity index is 1.30. The molecular formula is C28H35N7O. The van der Waals surface area contributed by atoms with Crippen LogP contribution in [0.15, 0.2) is 30.7 Å². The summed E-state index contributed by atoms with van der Waals surface area (Å²) in [5.41, 5.74) is 8.40. The summed E-state index contributed by atoms with van der Waals surface area (Å²) in [6, 6.07) is 4.74. The Morgan fingerprint density at radius 2 is 1.83 bits per heavy atom. The van der Waals surface area contributed by atoms with Crippen molar-refractivity contribution in [3.8, 4) is 22.5 Å². The van der Waals surface area contributed by atoms with Crippen LogP contribution in [0.3, 0.4) is 0 Å². The number of ether oxygens (including phenoxy) is 1. The van der Waals surface area contributed by atoms with Crippen molar-refractivity contribution in [2.45, 2.75) is 58.4 Å². The molecule has 0 radical (unpaired) electrons. The van der Waals surface area contributed by atoms with E-state index in [0.29, 0.717) is 12.0 Å². The summed E-state index contributed by atoms with van der Waals surface area (Å²) < 4.78 is 7.72. The zero-order valence-corrected chi connectivity index (χ0v) is 21.5. The quantitative estimate of drug-likeness (QED) is 0.426. The number of aromatic nitrogens is 6. The molecule has 4 aromatic rings. The highest BCUT2D eigenvalue weighted by atomic mass is 16.5. The lowest BCUT2D eigenvalue weighted by molar-refractivity contribution is 0.0850. The van der Waals surface area contributed by atoms with Crippen LogP contribution < -0.4 is 0 Å². The van der Waals surface area contributed by atoms with Crippen molar-refractivity contribution in [3.05, 3.63) is 47.5 Å². The van der Waals surface area contributed by atoms with Crippen molar-refractivity contribution >= 4 is 11.0 Å². The maximum Gasteiger partial charge on any atom is 0.160 e. The summed E-state index contributed by atoms with van der Waals surface area (Å²) >= 11 is 0. The van der Waals surface area contributed by atoms with E-state index < -0.39 is 0 Å².